The first-order chi connectivity index (χ1) is 10.1. The second kappa shape index (κ2) is 7.12. The molecule has 7 heteroatoms. The fourth-order valence-electron chi connectivity index (χ4n) is 2.01. The van der Waals surface area contributed by atoms with Gasteiger partial charge in [-0.2, -0.15) is 5.10 Å². The average Bonchev–Trinajstić information content (AvgIpc) is 2.92. The Balaban J connectivity index is 2.11. The highest BCUT2D eigenvalue weighted by Crippen LogP contribution is 2.12. The van der Waals surface area contributed by atoms with E-state index < -0.39 is 22.0 Å². The van der Waals surface area contributed by atoms with Gasteiger partial charge in [-0.05, 0) is 18.9 Å². The number of hydrogen-bond donors (Lipinski definition) is 1. The molecular weight excluding hydrogens is 290 g/mol. The number of aromatic nitrogens is 3. The molecule has 0 radical (unpaired) electrons. The smallest absolute Gasteiger partial charge is 0.319 e. The maximum Gasteiger partial charge on any atom is 0.319 e. The number of benzene rings is 1. The standard InChI is InChI=1S/C14H17N3O3S/c1-2-17-13(15-10-16-17)9-21(20)12(14(18)19)8-11-6-4-3-5-7-11/h3-7,10,12H,2,8-9H2,1H3,(H,18,19). The lowest BCUT2D eigenvalue weighted by molar-refractivity contribution is -0.136. The van der Waals surface area contributed by atoms with Gasteiger partial charge in [0.25, 0.3) is 0 Å². The van der Waals surface area contributed by atoms with Gasteiger partial charge < -0.3 is 5.11 Å². The topological polar surface area (TPSA) is 85.1 Å². The van der Waals surface area contributed by atoms with Crippen molar-refractivity contribution in [2.75, 3.05) is 0 Å². The summed E-state index contributed by atoms with van der Waals surface area (Å²) in [5, 5.41) is 12.4. The third-order valence-corrected chi connectivity index (χ3v) is 4.67. The molecule has 1 aromatic heterocycles. The lowest BCUT2D eigenvalue weighted by Gasteiger charge is -2.12. The van der Waals surface area contributed by atoms with Crippen LogP contribution in [0.3, 0.4) is 0 Å². The monoisotopic (exact) mass is 307 g/mol. The summed E-state index contributed by atoms with van der Waals surface area (Å²) < 4.78 is 14.0. The fourth-order valence-corrected chi connectivity index (χ4v) is 3.30. The fraction of sp³-hybridized carbons (Fsp3) is 0.357. The number of carboxylic acid groups (broad SMARTS) is 1. The Kier molecular flexibility index (Phi) is 5.21. The van der Waals surface area contributed by atoms with E-state index in [0.717, 1.165) is 5.56 Å². The van der Waals surface area contributed by atoms with Gasteiger partial charge in [-0.3, -0.25) is 9.00 Å². The molecular formula is C14H17N3O3S. The van der Waals surface area contributed by atoms with Crippen molar-refractivity contribution < 1.29 is 14.1 Å². The Morgan fingerprint density at radius 3 is 2.71 bits per heavy atom. The molecule has 0 saturated carbocycles. The van der Waals surface area contributed by atoms with Crippen LogP contribution in [0.15, 0.2) is 36.7 Å². The van der Waals surface area contributed by atoms with Crippen LogP contribution in [0.1, 0.15) is 18.3 Å². The summed E-state index contributed by atoms with van der Waals surface area (Å²) in [6.45, 7) is 2.52. The summed E-state index contributed by atoms with van der Waals surface area (Å²) in [6, 6.07) is 9.21. The summed E-state index contributed by atoms with van der Waals surface area (Å²) in [5.41, 5.74) is 0.857. The van der Waals surface area contributed by atoms with E-state index >= 15 is 0 Å². The SMILES string of the molecule is CCn1ncnc1CS(=O)C(Cc1ccccc1)C(=O)O. The zero-order valence-corrected chi connectivity index (χ0v) is 12.5. The van der Waals surface area contributed by atoms with Gasteiger partial charge in [0, 0.05) is 17.3 Å². The number of carbonyl (C=O) groups is 1. The molecule has 1 heterocycles. The van der Waals surface area contributed by atoms with Crippen LogP contribution in [-0.2, 0) is 34.3 Å². The number of aliphatic carboxylic acids is 1. The van der Waals surface area contributed by atoms with Gasteiger partial charge in [-0.25, -0.2) is 9.67 Å². The van der Waals surface area contributed by atoms with Gasteiger partial charge in [0.05, 0.1) is 5.75 Å². The molecule has 2 aromatic rings. The third kappa shape index (κ3) is 3.98. The first kappa shape index (κ1) is 15.4. The first-order valence-corrected chi connectivity index (χ1v) is 8.00. The van der Waals surface area contributed by atoms with Crippen LogP contribution in [0.25, 0.3) is 0 Å². The molecule has 6 nitrogen and oxygen atoms in total. The average molecular weight is 307 g/mol. The highest BCUT2D eigenvalue weighted by Gasteiger charge is 2.26. The van der Waals surface area contributed by atoms with Crippen molar-refractivity contribution in [1.82, 2.24) is 14.8 Å². The molecule has 0 fully saturated rings. The molecule has 21 heavy (non-hydrogen) atoms. The van der Waals surface area contributed by atoms with Gasteiger partial charge in [-0.1, -0.05) is 30.3 Å². The minimum atomic E-state index is -1.55. The second-order valence-electron chi connectivity index (χ2n) is 4.53. The van der Waals surface area contributed by atoms with Crippen molar-refractivity contribution >= 4 is 16.8 Å². The molecule has 0 bridgehead atoms. The predicted molar refractivity (Wildman–Crippen MR) is 79.1 cm³/mol. The molecule has 0 aliphatic carbocycles. The quantitative estimate of drug-likeness (QED) is 0.832. The molecule has 2 atom stereocenters. The summed E-state index contributed by atoms with van der Waals surface area (Å²) in [5.74, 6) is -0.410. The van der Waals surface area contributed by atoms with Crippen LogP contribution in [0, 0.1) is 0 Å². The molecule has 0 amide bonds. The van der Waals surface area contributed by atoms with Crippen molar-refractivity contribution in [3.05, 3.63) is 48.0 Å². The molecule has 0 aliphatic heterocycles. The van der Waals surface area contributed by atoms with Crippen LogP contribution in [0.4, 0.5) is 0 Å². The Bertz CT molecular complexity index is 627. The first-order valence-electron chi connectivity index (χ1n) is 6.62. The minimum Gasteiger partial charge on any atom is -0.480 e. The molecule has 2 unspecified atom stereocenters. The number of rotatable bonds is 7. The summed E-state index contributed by atoms with van der Waals surface area (Å²) >= 11 is 0. The molecule has 0 saturated heterocycles. The third-order valence-electron chi connectivity index (χ3n) is 3.12. The Morgan fingerprint density at radius 2 is 2.10 bits per heavy atom. The van der Waals surface area contributed by atoms with Crippen molar-refractivity contribution in [2.24, 2.45) is 0 Å². The van der Waals surface area contributed by atoms with E-state index in [1.807, 2.05) is 37.3 Å². The molecule has 2 rings (SSSR count). The maximum atomic E-state index is 12.4. The number of aryl methyl sites for hydroxylation is 1. The van der Waals surface area contributed by atoms with Crippen molar-refractivity contribution in [1.29, 1.82) is 0 Å². The van der Waals surface area contributed by atoms with E-state index in [4.69, 9.17) is 0 Å². The van der Waals surface area contributed by atoms with E-state index in [1.165, 1.54) is 6.33 Å². The zero-order valence-electron chi connectivity index (χ0n) is 11.7. The molecule has 1 N–H and O–H groups in total. The van der Waals surface area contributed by atoms with E-state index in [0.29, 0.717) is 12.4 Å². The predicted octanol–water partition coefficient (Wildman–Crippen LogP) is 1.24. The van der Waals surface area contributed by atoms with Crippen molar-refractivity contribution in [3.8, 4) is 0 Å². The van der Waals surface area contributed by atoms with Gasteiger partial charge in [-0.15, -0.1) is 0 Å². The molecule has 0 spiro atoms. The van der Waals surface area contributed by atoms with Gasteiger partial charge >= 0.3 is 5.97 Å². The summed E-state index contributed by atoms with van der Waals surface area (Å²) in [6.07, 6.45) is 1.63. The van der Waals surface area contributed by atoms with Crippen LogP contribution in [0.5, 0.6) is 0 Å². The lowest BCUT2D eigenvalue weighted by atomic mass is 10.1. The van der Waals surface area contributed by atoms with E-state index in [9.17, 15) is 14.1 Å². The Hall–Kier alpha value is -2.02. The van der Waals surface area contributed by atoms with Crippen LogP contribution in [-0.4, -0.2) is 35.3 Å². The molecule has 1 aromatic carbocycles. The second-order valence-corrected chi connectivity index (χ2v) is 6.15. The van der Waals surface area contributed by atoms with Gasteiger partial charge in [0.2, 0.25) is 0 Å². The van der Waals surface area contributed by atoms with Crippen LogP contribution in [0.2, 0.25) is 0 Å². The Labute approximate surface area is 125 Å². The van der Waals surface area contributed by atoms with Gasteiger partial charge in [0.15, 0.2) is 0 Å². The maximum absolute atomic E-state index is 12.4. The van der Waals surface area contributed by atoms with Crippen LogP contribution < -0.4 is 0 Å². The highest BCUT2D eigenvalue weighted by molar-refractivity contribution is 7.85. The minimum absolute atomic E-state index is 0.0949. The number of carboxylic acids is 1. The zero-order chi connectivity index (χ0) is 15.2. The summed E-state index contributed by atoms with van der Waals surface area (Å²) in [7, 11) is -1.55. The Morgan fingerprint density at radius 1 is 1.38 bits per heavy atom. The van der Waals surface area contributed by atoms with Gasteiger partial charge in [0.1, 0.15) is 17.4 Å². The van der Waals surface area contributed by atoms with E-state index in [2.05, 4.69) is 10.1 Å². The normalized spacial score (nSPS) is 13.8. The molecule has 0 aliphatic rings. The van der Waals surface area contributed by atoms with E-state index in [-0.39, 0.29) is 12.2 Å². The number of hydrogen-bond acceptors (Lipinski definition) is 4. The summed E-state index contributed by atoms with van der Waals surface area (Å²) in [4.78, 5) is 15.4. The van der Waals surface area contributed by atoms with Crippen molar-refractivity contribution in [2.45, 2.75) is 30.9 Å². The largest absolute Gasteiger partial charge is 0.480 e. The van der Waals surface area contributed by atoms with E-state index in [1.54, 1.807) is 4.68 Å². The van der Waals surface area contributed by atoms with Crippen LogP contribution >= 0.6 is 0 Å². The molecule has 112 valence electrons. The lowest BCUT2D eigenvalue weighted by Crippen LogP contribution is -2.29. The number of nitrogens with zero attached hydrogens (tertiary/aromatic N) is 3. The van der Waals surface area contributed by atoms with Crippen molar-refractivity contribution in [3.63, 3.8) is 0 Å². The highest BCUT2D eigenvalue weighted by atomic mass is 32.2.